The Kier molecular flexibility index (Phi) is 7.29. The number of fused-ring (bicyclic) bond motifs is 1. The van der Waals surface area contributed by atoms with Crippen LogP contribution in [0.1, 0.15) is 21.6 Å². The fraction of sp³-hybridized carbons (Fsp3) is 0.435. The number of hydrogen-bond donors (Lipinski definition) is 2. The van der Waals surface area contributed by atoms with Crippen molar-refractivity contribution >= 4 is 35.1 Å². The Labute approximate surface area is 192 Å². The normalized spacial score (nSPS) is 16.4. The minimum atomic E-state index is -0.217. The van der Waals surface area contributed by atoms with Crippen molar-refractivity contribution in [3.8, 4) is 0 Å². The average molecular weight is 456 g/mol. The summed E-state index contributed by atoms with van der Waals surface area (Å²) in [6, 6.07) is 8.81. The molecule has 2 N–H and O–H groups in total. The Morgan fingerprint density at radius 3 is 2.78 bits per heavy atom. The molecule has 32 heavy (non-hydrogen) atoms. The van der Waals surface area contributed by atoms with Gasteiger partial charge in [0.05, 0.1) is 18.9 Å². The highest BCUT2D eigenvalue weighted by Gasteiger charge is 2.26. The van der Waals surface area contributed by atoms with Gasteiger partial charge in [-0.2, -0.15) is 0 Å². The second-order valence-electron chi connectivity index (χ2n) is 7.96. The molecule has 1 aromatic carbocycles. The zero-order valence-electron chi connectivity index (χ0n) is 18.5. The fourth-order valence-electron chi connectivity index (χ4n) is 3.96. The van der Waals surface area contributed by atoms with Crippen LogP contribution in [0.5, 0.6) is 0 Å². The monoisotopic (exact) mass is 455 g/mol. The summed E-state index contributed by atoms with van der Waals surface area (Å²) in [4.78, 5) is 34.2. The maximum absolute atomic E-state index is 13.1. The molecule has 0 bridgehead atoms. The molecule has 1 saturated heterocycles. The maximum atomic E-state index is 13.1. The molecule has 0 spiro atoms. The molecule has 9 heteroatoms. The number of morpholine rings is 1. The molecule has 2 aliphatic heterocycles. The van der Waals surface area contributed by atoms with Crippen LogP contribution in [0.25, 0.3) is 0 Å². The third-order valence-corrected chi connectivity index (χ3v) is 6.49. The molecule has 1 fully saturated rings. The number of nitrogens with one attached hydrogen (secondary N) is 2. The number of carbonyl (C=O) groups excluding carboxylic acids is 2. The molecule has 170 valence electrons. The largest absolute Gasteiger partial charge is 0.379 e. The van der Waals surface area contributed by atoms with Crippen LogP contribution in [0, 0.1) is 13.8 Å². The second kappa shape index (κ2) is 10.3. The van der Waals surface area contributed by atoms with Crippen LogP contribution < -0.4 is 15.5 Å². The summed E-state index contributed by atoms with van der Waals surface area (Å²) in [5.41, 5.74) is 3.95. The van der Waals surface area contributed by atoms with E-state index in [4.69, 9.17) is 4.74 Å². The van der Waals surface area contributed by atoms with Gasteiger partial charge in [0.1, 0.15) is 5.03 Å². The van der Waals surface area contributed by atoms with E-state index in [1.54, 1.807) is 40.9 Å². The van der Waals surface area contributed by atoms with Crippen LogP contribution in [0.4, 0.5) is 16.2 Å². The van der Waals surface area contributed by atoms with Crippen molar-refractivity contribution in [2.24, 2.45) is 0 Å². The molecule has 0 atom stereocenters. The Morgan fingerprint density at radius 2 is 1.97 bits per heavy atom. The van der Waals surface area contributed by atoms with E-state index in [0.717, 1.165) is 60.6 Å². The van der Waals surface area contributed by atoms with Gasteiger partial charge in [-0.3, -0.25) is 14.6 Å². The summed E-state index contributed by atoms with van der Waals surface area (Å²) in [5.74, 6) is 0.645. The van der Waals surface area contributed by atoms with Gasteiger partial charge in [-0.25, -0.2) is 9.78 Å². The van der Waals surface area contributed by atoms with Crippen molar-refractivity contribution in [1.82, 2.24) is 15.2 Å². The highest BCUT2D eigenvalue weighted by Crippen LogP contribution is 2.36. The van der Waals surface area contributed by atoms with Crippen molar-refractivity contribution in [2.75, 3.05) is 61.9 Å². The molecule has 3 heterocycles. The quantitative estimate of drug-likeness (QED) is 0.721. The Bertz CT molecular complexity index is 994. The number of anilines is 2. The third kappa shape index (κ3) is 5.40. The van der Waals surface area contributed by atoms with Crippen molar-refractivity contribution < 1.29 is 14.3 Å². The molecule has 2 aromatic rings. The number of nitrogens with zero attached hydrogens (tertiary/aromatic N) is 3. The highest BCUT2D eigenvalue weighted by atomic mass is 32.2. The van der Waals surface area contributed by atoms with Gasteiger partial charge in [-0.15, -0.1) is 11.8 Å². The Hall–Kier alpha value is -2.62. The van der Waals surface area contributed by atoms with Gasteiger partial charge in [-0.05, 0) is 43.7 Å². The molecule has 2 aliphatic rings. The molecule has 0 aliphatic carbocycles. The number of hydrogen-bond acceptors (Lipinski definition) is 6. The molecular weight excluding hydrogens is 426 g/mol. The molecule has 8 nitrogen and oxygen atoms in total. The number of carbonyl (C=O) groups is 2. The summed E-state index contributed by atoms with van der Waals surface area (Å²) in [6.45, 7) is 9.21. The van der Waals surface area contributed by atoms with Crippen LogP contribution >= 0.6 is 11.8 Å². The number of benzene rings is 1. The zero-order valence-corrected chi connectivity index (χ0v) is 19.3. The minimum Gasteiger partial charge on any atom is -0.379 e. The smallest absolute Gasteiger partial charge is 0.326 e. The summed E-state index contributed by atoms with van der Waals surface area (Å²) < 4.78 is 5.34. The van der Waals surface area contributed by atoms with Gasteiger partial charge < -0.3 is 15.4 Å². The molecule has 0 unspecified atom stereocenters. The first-order valence-electron chi connectivity index (χ1n) is 10.9. The van der Waals surface area contributed by atoms with Crippen LogP contribution in [0.2, 0.25) is 0 Å². The average Bonchev–Trinajstić information content (AvgIpc) is 2.79. The predicted molar refractivity (Wildman–Crippen MR) is 127 cm³/mol. The zero-order chi connectivity index (χ0) is 22.5. The number of urea groups is 1. The van der Waals surface area contributed by atoms with Gasteiger partial charge in [0.25, 0.3) is 5.91 Å². The van der Waals surface area contributed by atoms with Crippen LogP contribution in [0.3, 0.4) is 0 Å². The minimum absolute atomic E-state index is 0.149. The van der Waals surface area contributed by atoms with Crippen LogP contribution in [-0.4, -0.2) is 73.5 Å². The molecule has 1 aromatic heterocycles. The van der Waals surface area contributed by atoms with Gasteiger partial charge in [-0.1, -0.05) is 6.07 Å². The van der Waals surface area contributed by atoms with E-state index in [1.165, 1.54) is 0 Å². The molecule has 0 saturated carbocycles. The van der Waals surface area contributed by atoms with Gasteiger partial charge >= 0.3 is 6.03 Å². The van der Waals surface area contributed by atoms with Crippen LogP contribution in [-0.2, 0) is 4.74 Å². The number of amides is 3. The van der Waals surface area contributed by atoms with Gasteiger partial charge in [0.2, 0.25) is 0 Å². The summed E-state index contributed by atoms with van der Waals surface area (Å²) in [5, 5.41) is 6.79. The molecule has 4 rings (SSSR count). The molecular formula is C23H29N5O3S. The first kappa shape index (κ1) is 22.6. The SMILES string of the molecule is Cc1cc(C)c2c(n1)SCCN2C(=O)Nc1cccc(C(=O)NCCN2CCOCC2)c1. The lowest BCUT2D eigenvalue weighted by Crippen LogP contribution is -2.41. The van der Waals surface area contributed by atoms with E-state index >= 15 is 0 Å². The number of aromatic nitrogens is 1. The summed E-state index contributed by atoms with van der Waals surface area (Å²) in [6.07, 6.45) is 0. The summed E-state index contributed by atoms with van der Waals surface area (Å²) >= 11 is 1.67. The first-order valence-corrected chi connectivity index (χ1v) is 11.9. The number of thioether (sulfide) groups is 1. The van der Waals surface area contributed by atoms with E-state index < -0.39 is 0 Å². The van der Waals surface area contributed by atoms with E-state index in [2.05, 4.69) is 20.5 Å². The standard InChI is InChI=1S/C23H29N5O3S/c1-16-14-17(2)25-22-20(16)28(10-13-32-22)23(30)26-19-5-3-4-18(15-19)21(29)24-6-7-27-8-11-31-12-9-27/h3-5,14-15H,6-13H2,1-2H3,(H,24,29)(H,26,30). The highest BCUT2D eigenvalue weighted by molar-refractivity contribution is 7.99. The second-order valence-corrected chi connectivity index (χ2v) is 9.04. The van der Waals surface area contributed by atoms with E-state index in [0.29, 0.717) is 24.3 Å². The van der Waals surface area contributed by atoms with Gasteiger partial charge in [0, 0.05) is 55.4 Å². The molecule has 0 radical (unpaired) electrons. The maximum Gasteiger partial charge on any atom is 0.326 e. The predicted octanol–water partition coefficient (Wildman–Crippen LogP) is 2.90. The molecule has 3 amide bonds. The van der Waals surface area contributed by atoms with E-state index in [-0.39, 0.29) is 11.9 Å². The lowest BCUT2D eigenvalue weighted by molar-refractivity contribution is 0.0383. The number of rotatable bonds is 5. The third-order valence-electron chi connectivity index (χ3n) is 5.54. The first-order chi connectivity index (χ1) is 15.5. The number of pyridine rings is 1. The van der Waals surface area contributed by atoms with Crippen LogP contribution in [0.15, 0.2) is 35.4 Å². The summed E-state index contributed by atoms with van der Waals surface area (Å²) in [7, 11) is 0. The Balaban J connectivity index is 1.38. The van der Waals surface area contributed by atoms with E-state index in [9.17, 15) is 9.59 Å². The van der Waals surface area contributed by atoms with Crippen molar-refractivity contribution in [3.63, 3.8) is 0 Å². The lowest BCUT2D eigenvalue weighted by atomic mass is 10.2. The van der Waals surface area contributed by atoms with Crippen molar-refractivity contribution in [1.29, 1.82) is 0 Å². The van der Waals surface area contributed by atoms with E-state index in [1.807, 2.05) is 19.9 Å². The van der Waals surface area contributed by atoms with Gasteiger partial charge in [0.15, 0.2) is 0 Å². The van der Waals surface area contributed by atoms with Crippen molar-refractivity contribution in [2.45, 2.75) is 18.9 Å². The number of aryl methyl sites for hydroxylation is 2. The fourth-order valence-corrected chi connectivity index (χ4v) is 5.04. The number of ether oxygens (including phenoxy) is 1. The lowest BCUT2D eigenvalue weighted by Gasteiger charge is -2.30. The van der Waals surface area contributed by atoms with Crippen molar-refractivity contribution in [3.05, 3.63) is 47.2 Å². The topological polar surface area (TPSA) is 86.8 Å². The Morgan fingerprint density at radius 1 is 1.16 bits per heavy atom.